The number of aliphatic carboxylic acids is 3. The fourth-order valence-corrected chi connectivity index (χ4v) is 4.71. The van der Waals surface area contributed by atoms with Crippen molar-refractivity contribution in [2.75, 3.05) is 19.7 Å². The number of carboxylic acids is 3. The van der Waals surface area contributed by atoms with Crippen LogP contribution in [0.4, 0.5) is 0 Å². The van der Waals surface area contributed by atoms with Gasteiger partial charge in [0.25, 0.3) is 0 Å². The number of allylic oxidation sites excluding steroid dienone is 1. The molecule has 3 heterocycles. The Morgan fingerprint density at radius 1 is 1.15 bits per heavy atom. The van der Waals surface area contributed by atoms with Crippen LogP contribution in [0.2, 0.25) is 0 Å². The molecule has 14 nitrogen and oxygen atoms in total. The Bertz CT molecular complexity index is 1090. The van der Waals surface area contributed by atoms with Crippen molar-refractivity contribution in [2.24, 2.45) is 11.8 Å². The third kappa shape index (κ3) is 7.42. The summed E-state index contributed by atoms with van der Waals surface area (Å²) in [6, 6.07) is 0. The zero-order valence-electron chi connectivity index (χ0n) is 21.4. The number of carbonyl (C=O) groups excluding carboxylic acids is 1. The van der Waals surface area contributed by atoms with Gasteiger partial charge >= 0.3 is 11.9 Å². The molecule has 0 spiro atoms. The lowest BCUT2D eigenvalue weighted by Gasteiger charge is -2.42. The monoisotopic (exact) mass is 567 g/mol. The Morgan fingerprint density at radius 3 is 2.48 bits per heavy atom. The molecule has 3 rings (SSSR count). The lowest BCUT2D eigenvalue weighted by Crippen LogP contribution is -3.08. The first-order valence-corrected chi connectivity index (χ1v) is 12.5. The van der Waals surface area contributed by atoms with Crippen LogP contribution in [0.3, 0.4) is 0 Å². The van der Waals surface area contributed by atoms with Crippen LogP contribution in [0.15, 0.2) is 60.1 Å². The van der Waals surface area contributed by atoms with Crippen molar-refractivity contribution in [3.8, 4) is 0 Å². The molecule has 0 aromatic carbocycles. The summed E-state index contributed by atoms with van der Waals surface area (Å²) < 4.78 is 16.5. The second-order valence-corrected chi connectivity index (χ2v) is 9.60. The van der Waals surface area contributed by atoms with Crippen LogP contribution in [-0.2, 0) is 28.6 Å². The molecule has 0 amide bonds. The third-order valence-corrected chi connectivity index (χ3v) is 6.83. The van der Waals surface area contributed by atoms with Crippen molar-refractivity contribution in [3.63, 3.8) is 0 Å². The summed E-state index contributed by atoms with van der Waals surface area (Å²) in [5.41, 5.74) is 0.228. The number of nitrogens with one attached hydrogen (secondary N) is 1. The summed E-state index contributed by atoms with van der Waals surface area (Å²) in [7, 11) is 0. The number of hydrogen-bond acceptors (Lipinski definition) is 11. The lowest BCUT2D eigenvalue weighted by molar-refractivity contribution is -0.842. The fraction of sp³-hybridized carbons (Fsp3) is 0.500. The number of aliphatic hydroxyl groups is 4. The molecule has 3 aliphatic heterocycles. The largest absolute Gasteiger partial charge is 0.545 e. The first-order chi connectivity index (χ1) is 19.0. The Labute approximate surface area is 229 Å². The molecule has 7 N–H and O–H groups in total. The van der Waals surface area contributed by atoms with Gasteiger partial charge in [0.05, 0.1) is 48.9 Å². The van der Waals surface area contributed by atoms with Gasteiger partial charge in [0.2, 0.25) is 6.29 Å². The van der Waals surface area contributed by atoms with E-state index in [0.29, 0.717) is 30.0 Å². The van der Waals surface area contributed by atoms with Gasteiger partial charge in [-0.25, -0.2) is 4.79 Å². The molecular formula is C26H33NO13. The quantitative estimate of drug-likeness (QED) is 0.113. The highest BCUT2D eigenvalue weighted by Crippen LogP contribution is 2.36. The number of quaternary nitrogens is 1. The molecule has 0 bridgehead atoms. The van der Waals surface area contributed by atoms with Crippen LogP contribution >= 0.6 is 0 Å². The van der Waals surface area contributed by atoms with Crippen LogP contribution in [0.25, 0.3) is 0 Å². The molecule has 220 valence electrons. The molecule has 1 unspecified atom stereocenters. The Kier molecular flexibility index (Phi) is 10.8. The fourth-order valence-electron chi connectivity index (χ4n) is 4.71. The van der Waals surface area contributed by atoms with Gasteiger partial charge in [-0.15, -0.1) is 6.58 Å². The smallest absolute Gasteiger partial charge is 0.335 e. The van der Waals surface area contributed by atoms with Gasteiger partial charge in [0.1, 0.15) is 37.2 Å². The zero-order valence-corrected chi connectivity index (χ0v) is 21.4. The molecule has 3 aliphatic rings. The maximum Gasteiger partial charge on any atom is 0.335 e. The molecule has 1 saturated heterocycles. The Balaban J connectivity index is 1.82. The molecule has 14 heteroatoms. The highest BCUT2D eigenvalue weighted by Gasteiger charge is 2.47. The molecular weight excluding hydrogens is 534 g/mol. The van der Waals surface area contributed by atoms with E-state index in [9.17, 15) is 45.0 Å². The van der Waals surface area contributed by atoms with Crippen molar-refractivity contribution >= 4 is 17.9 Å². The predicted molar refractivity (Wildman–Crippen MR) is 131 cm³/mol. The van der Waals surface area contributed by atoms with Gasteiger partial charge in [0.15, 0.2) is 6.29 Å². The number of carbonyl (C=O) groups is 3. The van der Waals surface area contributed by atoms with Crippen molar-refractivity contribution in [1.29, 1.82) is 0 Å². The minimum atomic E-state index is -1.72. The number of hydrogen-bond donors (Lipinski definition) is 7. The first kappa shape index (κ1) is 31.2. The zero-order chi connectivity index (χ0) is 29.6. The topological polar surface area (TPSA) is 228 Å². The van der Waals surface area contributed by atoms with Crippen molar-refractivity contribution in [3.05, 3.63) is 60.1 Å². The lowest BCUT2D eigenvalue weighted by atomic mass is 9.83. The molecule has 1 fully saturated rings. The van der Waals surface area contributed by atoms with E-state index in [4.69, 9.17) is 19.3 Å². The molecule has 0 saturated carbocycles. The van der Waals surface area contributed by atoms with Gasteiger partial charge in [0, 0.05) is 17.9 Å². The number of aliphatic hydroxyl groups excluding tert-OH is 4. The molecule has 0 aromatic rings. The second kappa shape index (κ2) is 13.8. The molecule has 40 heavy (non-hydrogen) atoms. The molecule has 0 radical (unpaired) electrons. The van der Waals surface area contributed by atoms with Crippen molar-refractivity contribution < 1.29 is 69.2 Å². The molecule has 0 aliphatic carbocycles. The van der Waals surface area contributed by atoms with Gasteiger partial charge in [-0.1, -0.05) is 18.2 Å². The minimum absolute atomic E-state index is 0.0848. The minimum Gasteiger partial charge on any atom is -0.545 e. The van der Waals surface area contributed by atoms with E-state index in [1.165, 1.54) is 24.4 Å². The van der Waals surface area contributed by atoms with Crippen LogP contribution in [0, 0.1) is 11.8 Å². The molecule has 0 aromatic heterocycles. The average molecular weight is 568 g/mol. The summed E-state index contributed by atoms with van der Waals surface area (Å²) in [5, 5.41) is 70.0. The first-order valence-electron chi connectivity index (χ1n) is 12.5. The summed E-state index contributed by atoms with van der Waals surface area (Å²) in [6.07, 6.45) is -0.675. The summed E-state index contributed by atoms with van der Waals surface area (Å²) in [4.78, 5) is 35.0. The number of carboxylic acid groups (broad SMARTS) is 3. The average Bonchev–Trinajstić information content (AvgIpc) is 2.91. The highest BCUT2D eigenvalue weighted by atomic mass is 16.8. The van der Waals surface area contributed by atoms with Crippen LogP contribution in [0.5, 0.6) is 0 Å². The Morgan fingerprint density at radius 2 is 1.88 bits per heavy atom. The second-order valence-electron chi connectivity index (χ2n) is 9.60. The summed E-state index contributed by atoms with van der Waals surface area (Å²) >= 11 is 0. The number of rotatable bonds is 12. The SMILES string of the molecule is C=C[C@H]1[C@H](O[C@@H]2O[C@H](CO)[C@@H](O)[C@H](O)[C@H]2O)OC=C(C(=O)O)[C@H]1/C=C/C1=CC(C(=O)[O-])=C[NH+](CCCC(=O)O)C1. The van der Waals surface area contributed by atoms with E-state index < -0.39 is 73.3 Å². The van der Waals surface area contributed by atoms with E-state index >= 15 is 0 Å². The molecule has 9 atom stereocenters. The van der Waals surface area contributed by atoms with E-state index in [2.05, 4.69) is 6.58 Å². The van der Waals surface area contributed by atoms with Crippen molar-refractivity contribution in [1.82, 2.24) is 0 Å². The van der Waals surface area contributed by atoms with E-state index in [1.807, 2.05) is 0 Å². The standard InChI is InChI=1S/C26H33NO13/c1-2-15-16(6-5-13-8-14(23(34)35)10-27(9-13)7-3-4-19(29)30)17(24(36)37)12-38-25(15)40-26-22(33)21(32)20(31)18(11-28)39-26/h2,5-6,8,10,12,15-16,18,20-22,25-26,28,31-33H,1,3-4,7,9,11H2,(H,29,30)(H,34,35)(H,36,37)/b6-5+/t15-,16+,18-,20-,21+,22-,25+,26+/m1/s1. The van der Waals surface area contributed by atoms with Crippen LogP contribution < -0.4 is 10.0 Å². The maximum absolute atomic E-state index is 12.0. The van der Waals surface area contributed by atoms with E-state index in [1.54, 1.807) is 6.08 Å². The van der Waals surface area contributed by atoms with Gasteiger partial charge in [-0.05, 0) is 6.08 Å². The summed E-state index contributed by atoms with van der Waals surface area (Å²) in [6.45, 7) is 3.69. The summed E-state index contributed by atoms with van der Waals surface area (Å²) in [5.74, 6) is -5.48. The van der Waals surface area contributed by atoms with Crippen LogP contribution in [0.1, 0.15) is 12.8 Å². The van der Waals surface area contributed by atoms with E-state index in [-0.39, 0.29) is 17.6 Å². The van der Waals surface area contributed by atoms with Crippen LogP contribution in [-0.4, -0.2) is 105 Å². The number of ether oxygens (including phenoxy) is 3. The van der Waals surface area contributed by atoms with E-state index in [0.717, 1.165) is 6.26 Å². The van der Waals surface area contributed by atoms with Crippen molar-refractivity contribution in [2.45, 2.75) is 49.8 Å². The van der Waals surface area contributed by atoms with Gasteiger partial charge < -0.3 is 59.7 Å². The maximum atomic E-state index is 12.0. The Hall–Kier alpha value is -3.37. The van der Waals surface area contributed by atoms with Gasteiger partial charge in [-0.2, -0.15) is 0 Å². The normalized spacial score (nSPS) is 34.3. The third-order valence-electron chi connectivity index (χ3n) is 6.83. The highest BCUT2D eigenvalue weighted by molar-refractivity contribution is 5.88. The predicted octanol–water partition coefficient (Wildman–Crippen LogP) is -3.57. The van der Waals surface area contributed by atoms with Gasteiger partial charge in [-0.3, -0.25) is 4.79 Å².